The monoisotopic (exact) mass is 380 g/mol. The number of hydrogen-bond donors (Lipinski definition) is 1. The molecule has 1 atom stereocenters. The Balaban J connectivity index is 1.76. The van der Waals surface area contributed by atoms with Crippen LogP contribution in [0.25, 0.3) is 10.1 Å². The Hall–Kier alpha value is -1.44. The van der Waals surface area contributed by atoms with E-state index in [-0.39, 0.29) is 11.7 Å². The van der Waals surface area contributed by atoms with E-state index in [1.165, 1.54) is 9.01 Å². The smallest absolute Gasteiger partial charge is 0.242 e. The molecule has 0 bridgehead atoms. The summed E-state index contributed by atoms with van der Waals surface area (Å²) < 4.78 is 27.8. The van der Waals surface area contributed by atoms with Gasteiger partial charge in [-0.15, -0.1) is 11.3 Å². The van der Waals surface area contributed by atoms with E-state index in [0.29, 0.717) is 25.1 Å². The van der Waals surface area contributed by atoms with Gasteiger partial charge < -0.3 is 5.32 Å². The molecule has 25 heavy (non-hydrogen) atoms. The maximum absolute atomic E-state index is 12.8. The van der Waals surface area contributed by atoms with Gasteiger partial charge in [0, 0.05) is 16.9 Å². The minimum atomic E-state index is -3.38. The van der Waals surface area contributed by atoms with Gasteiger partial charge in [-0.2, -0.15) is 4.31 Å². The predicted molar refractivity (Wildman–Crippen MR) is 103 cm³/mol. The van der Waals surface area contributed by atoms with Gasteiger partial charge >= 0.3 is 0 Å². The maximum atomic E-state index is 12.8. The van der Waals surface area contributed by atoms with Gasteiger partial charge in [0.15, 0.2) is 0 Å². The molecule has 1 N–H and O–H groups in total. The molecule has 3 rings (SSSR count). The number of carbonyl (C=O) groups excluding carboxylic acids is 1. The molecular formula is C18H24N2O3S2. The standard InChI is InChI=1S/C18H24N2O3S2/c1-2-3-12-25(22,23)20-10-5-4-6-16(20)18(21)19-15-7-8-17-14(13-15)9-11-24-17/h7-9,11,13,16H,2-6,10,12H2,1H3,(H,19,21). The number of rotatable bonds is 6. The molecule has 0 saturated carbocycles. The molecule has 0 spiro atoms. The lowest BCUT2D eigenvalue weighted by Crippen LogP contribution is -2.50. The van der Waals surface area contributed by atoms with Crippen molar-refractivity contribution in [3.05, 3.63) is 29.6 Å². The summed E-state index contributed by atoms with van der Waals surface area (Å²) in [6, 6.07) is 7.19. The molecule has 2 aromatic rings. The van der Waals surface area contributed by atoms with Crippen LogP contribution in [0, 0.1) is 0 Å². The Morgan fingerprint density at radius 1 is 1.32 bits per heavy atom. The summed E-state index contributed by atoms with van der Waals surface area (Å²) in [4.78, 5) is 12.8. The molecule has 2 heterocycles. The second-order valence-corrected chi connectivity index (χ2v) is 9.44. The minimum Gasteiger partial charge on any atom is -0.325 e. The molecule has 0 aliphatic carbocycles. The van der Waals surface area contributed by atoms with Crippen molar-refractivity contribution < 1.29 is 13.2 Å². The van der Waals surface area contributed by atoms with Crippen molar-refractivity contribution in [3.63, 3.8) is 0 Å². The summed E-state index contributed by atoms with van der Waals surface area (Å²) in [5.74, 6) is -0.108. The molecule has 1 aliphatic heterocycles. The Labute approximate surface area is 153 Å². The van der Waals surface area contributed by atoms with Crippen LogP contribution < -0.4 is 5.32 Å². The van der Waals surface area contributed by atoms with Gasteiger partial charge in [-0.25, -0.2) is 8.42 Å². The van der Waals surface area contributed by atoms with Gasteiger partial charge in [-0.3, -0.25) is 4.79 Å². The summed E-state index contributed by atoms with van der Waals surface area (Å²) >= 11 is 1.65. The Morgan fingerprint density at radius 3 is 2.96 bits per heavy atom. The van der Waals surface area contributed by atoms with Crippen LogP contribution in [0.5, 0.6) is 0 Å². The number of sulfonamides is 1. The molecule has 136 valence electrons. The fraction of sp³-hybridized carbons (Fsp3) is 0.500. The van der Waals surface area contributed by atoms with Crippen LogP contribution in [-0.2, 0) is 14.8 Å². The molecule has 1 saturated heterocycles. The van der Waals surface area contributed by atoms with E-state index in [2.05, 4.69) is 5.32 Å². The highest BCUT2D eigenvalue weighted by atomic mass is 32.2. The van der Waals surface area contributed by atoms with Crippen LogP contribution in [0.2, 0.25) is 0 Å². The van der Waals surface area contributed by atoms with E-state index in [0.717, 1.165) is 24.6 Å². The third-order valence-corrected chi connectivity index (χ3v) is 7.44. The molecule has 1 aromatic heterocycles. The SMILES string of the molecule is CCCCS(=O)(=O)N1CCCCC1C(=O)Nc1ccc2sccc2c1. The lowest BCUT2D eigenvalue weighted by atomic mass is 10.0. The molecule has 7 heteroatoms. The minimum absolute atomic E-state index is 0.119. The molecule has 5 nitrogen and oxygen atoms in total. The molecule has 1 aromatic carbocycles. The number of piperidine rings is 1. The largest absolute Gasteiger partial charge is 0.325 e. The zero-order chi connectivity index (χ0) is 17.9. The van der Waals surface area contributed by atoms with Crippen molar-refractivity contribution in [1.29, 1.82) is 0 Å². The fourth-order valence-electron chi connectivity index (χ4n) is 3.21. The van der Waals surface area contributed by atoms with Gasteiger partial charge in [0.05, 0.1) is 5.75 Å². The van der Waals surface area contributed by atoms with Crippen LogP contribution in [0.15, 0.2) is 29.6 Å². The number of hydrogen-bond acceptors (Lipinski definition) is 4. The highest BCUT2D eigenvalue weighted by Gasteiger charge is 2.36. The highest BCUT2D eigenvalue weighted by molar-refractivity contribution is 7.89. The first kappa shape index (κ1) is 18.4. The molecular weight excluding hydrogens is 356 g/mol. The fourth-order valence-corrected chi connectivity index (χ4v) is 5.87. The number of nitrogens with zero attached hydrogens (tertiary/aromatic N) is 1. The summed E-state index contributed by atoms with van der Waals surface area (Å²) in [6.07, 6.45) is 3.72. The van der Waals surface area contributed by atoms with Crippen molar-refractivity contribution in [2.45, 2.75) is 45.1 Å². The van der Waals surface area contributed by atoms with Gasteiger partial charge in [-0.05, 0) is 54.3 Å². The topological polar surface area (TPSA) is 66.5 Å². The van der Waals surface area contributed by atoms with E-state index in [9.17, 15) is 13.2 Å². The lowest BCUT2D eigenvalue weighted by molar-refractivity contribution is -0.120. The zero-order valence-corrected chi connectivity index (χ0v) is 16.0. The lowest BCUT2D eigenvalue weighted by Gasteiger charge is -2.33. The molecule has 1 aliphatic rings. The third-order valence-electron chi connectivity index (χ3n) is 4.59. The Kier molecular flexibility index (Phi) is 5.76. The molecule has 1 fully saturated rings. The van der Waals surface area contributed by atoms with Crippen molar-refractivity contribution in [2.24, 2.45) is 0 Å². The van der Waals surface area contributed by atoms with Crippen LogP contribution >= 0.6 is 11.3 Å². The predicted octanol–water partition coefficient (Wildman–Crippen LogP) is 3.82. The van der Waals surface area contributed by atoms with Crippen molar-refractivity contribution in [3.8, 4) is 0 Å². The summed E-state index contributed by atoms with van der Waals surface area (Å²) in [5.41, 5.74) is 0.715. The summed E-state index contributed by atoms with van der Waals surface area (Å²) in [5, 5.41) is 6.01. The number of amides is 1. The van der Waals surface area contributed by atoms with Crippen molar-refractivity contribution >= 4 is 43.0 Å². The number of fused-ring (bicyclic) bond motifs is 1. The van der Waals surface area contributed by atoms with E-state index < -0.39 is 16.1 Å². The van der Waals surface area contributed by atoms with E-state index in [1.807, 2.05) is 36.6 Å². The average molecular weight is 381 g/mol. The number of nitrogens with one attached hydrogen (secondary N) is 1. The Morgan fingerprint density at radius 2 is 2.16 bits per heavy atom. The quantitative estimate of drug-likeness (QED) is 0.828. The number of anilines is 1. The van der Waals surface area contributed by atoms with E-state index >= 15 is 0 Å². The van der Waals surface area contributed by atoms with Gasteiger partial charge in [0.1, 0.15) is 6.04 Å². The van der Waals surface area contributed by atoms with Gasteiger partial charge in [-0.1, -0.05) is 19.8 Å². The molecule has 1 unspecified atom stereocenters. The van der Waals surface area contributed by atoms with E-state index in [1.54, 1.807) is 11.3 Å². The highest BCUT2D eigenvalue weighted by Crippen LogP contribution is 2.26. The normalized spacial score (nSPS) is 19.2. The first-order valence-electron chi connectivity index (χ1n) is 8.79. The Bertz CT molecular complexity index is 845. The summed E-state index contributed by atoms with van der Waals surface area (Å²) in [6.45, 7) is 2.41. The second kappa shape index (κ2) is 7.85. The second-order valence-electron chi connectivity index (χ2n) is 6.45. The van der Waals surface area contributed by atoms with Crippen LogP contribution in [0.4, 0.5) is 5.69 Å². The third kappa shape index (κ3) is 4.22. The van der Waals surface area contributed by atoms with Crippen molar-refractivity contribution in [2.75, 3.05) is 17.6 Å². The van der Waals surface area contributed by atoms with E-state index in [4.69, 9.17) is 0 Å². The van der Waals surface area contributed by atoms with Crippen molar-refractivity contribution in [1.82, 2.24) is 4.31 Å². The average Bonchev–Trinajstić information content (AvgIpc) is 3.08. The number of carbonyl (C=O) groups is 1. The van der Waals surface area contributed by atoms with Gasteiger partial charge in [0.25, 0.3) is 0 Å². The van der Waals surface area contributed by atoms with Crippen LogP contribution in [0.3, 0.4) is 0 Å². The summed E-state index contributed by atoms with van der Waals surface area (Å²) in [7, 11) is -3.38. The number of benzene rings is 1. The number of unbranched alkanes of at least 4 members (excludes halogenated alkanes) is 1. The van der Waals surface area contributed by atoms with Crippen LogP contribution in [-0.4, -0.2) is 37.0 Å². The van der Waals surface area contributed by atoms with Gasteiger partial charge in [0.2, 0.25) is 15.9 Å². The first-order chi connectivity index (χ1) is 12.0. The zero-order valence-electron chi connectivity index (χ0n) is 14.4. The van der Waals surface area contributed by atoms with Crippen LogP contribution in [0.1, 0.15) is 39.0 Å². The molecule has 0 radical (unpaired) electrons. The maximum Gasteiger partial charge on any atom is 0.242 e. The molecule has 1 amide bonds. The number of thiophene rings is 1. The first-order valence-corrected chi connectivity index (χ1v) is 11.3.